The Morgan fingerprint density at radius 3 is 2.50 bits per heavy atom. The van der Waals surface area contributed by atoms with E-state index in [4.69, 9.17) is 11.6 Å². The van der Waals surface area contributed by atoms with Gasteiger partial charge < -0.3 is 5.32 Å². The molecule has 0 spiro atoms. The number of benzene rings is 2. The van der Waals surface area contributed by atoms with Crippen molar-refractivity contribution in [2.75, 3.05) is 11.9 Å². The van der Waals surface area contributed by atoms with Crippen LogP contribution in [-0.4, -0.2) is 31.6 Å². The monoisotopic (exact) mass is 491 g/mol. The zero-order valence-electron chi connectivity index (χ0n) is 17.5. The van der Waals surface area contributed by atoms with Crippen LogP contribution in [0.15, 0.2) is 53.6 Å². The van der Waals surface area contributed by atoms with Crippen LogP contribution in [0.2, 0.25) is 5.02 Å². The van der Waals surface area contributed by atoms with Crippen LogP contribution in [-0.2, 0) is 21.2 Å². The summed E-state index contributed by atoms with van der Waals surface area (Å²) in [4.78, 5) is 28.7. The van der Waals surface area contributed by atoms with Crippen molar-refractivity contribution in [3.05, 3.63) is 75.3 Å². The number of anilines is 1. The lowest BCUT2D eigenvalue weighted by molar-refractivity contribution is -0.116. The average Bonchev–Trinajstić information content (AvgIpc) is 3.17. The molecule has 1 amide bonds. The van der Waals surface area contributed by atoms with E-state index in [-0.39, 0.29) is 29.6 Å². The van der Waals surface area contributed by atoms with E-state index in [1.165, 1.54) is 42.5 Å². The van der Waals surface area contributed by atoms with Gasteiger partial charge >= 0.3 is 0 Å². The molecule has 7 nitrogen and oxygen atoms in total. The van der Waals surface area contributed by atoms with E-state index in [0.717, 1.165) is 16.0 Å². The summed E-state index contributed by atoms with van der Waals surface area (Å²) in [6, 6.07) is 11.5. The summed E-state index contributed by atoms with van der Waals surface area (Å²) < 4.78 is 27.0. The van der Waals surface area contributed by atoms with E-state index in [9.17, 15) is 18.0 Å². The van der Waals surface area contributed by atoms with Gasteiger partial charge in [-0.1, -0.05) is 35.9 Å². The highest BCUT2D eigenvalue weighted by Gasteiger charge is 2.15. The first-order valence-corrected chi connectivity index (χ1v) is 12.4. The molecule has 0 saturated heterocycles. The van der Waals surface area contributed by atoms with Gasteiger partial charge in [0, 0.05) is 41.0 Å². The van der Waals surface area contributed by atoms with Crippen molar-refractivity contribution in [3.63, 3.8) is 0 Å². The summed E-state index contributed by atoms with van der Waals surface area (Å²) in [7, 11) is -3.77. The molecule has 0 saturated carbocycles. The first kappa shape index (κ1) is 24.1. The van der Waals surface area contributed by atoms with Crippen LogP contribution in [0.4, 0.5) is 5.13 Å². The Morgan fingerprint density at radius 2 is 1.84 bits per heavy atom. The Labute approximate surface area is 195 Å². The van der Waals surface area contributed by atoms with Gasteiger partial charge in [-0.25, -0.2) is 18.1 Å². The SMILES string of the molecule is CC(=O)c1ccc(S(=O)(=O)NCCC(=O)Nc2ncc(Cc3ccc(C)c(Cl)c3)s2)cc1. The van der Waals surface area contributed by atoms with Crippen LogP contribution in [0.5, 0.6) is 0 Å². The molecule has 1 aromatic heterocycles. The van der Waals surface area contributed by atoms with Crippen LogP contribution in [0, 0.1) is 6.92 Å². The van der Waals surface area contributed by atoms with Gasteiger partial charge in [0.2, 0.25) is 15.9 Å². The molecule has 2 N–H and O–H groups in total. The number of thiazole rings is 1. The lowest BCUT2D eigenvalue weighted by Crippen LogP contribution is -2.27. The standard InChI is InChI=1S/C22H22ClN3O4S2/c1-14-3-4-16(12-20(14)23)11-18-13-24-22(31-18)26-21(28)9-10-25-32(29,30)19-7-5-17(6-8-19)15(2)27/h3-8,12-13,25H,9-11H2,1-2H3,(H,24,26,28). The number of nitrogens with one attached hydrogen (secondary N) is 2. The Balaban J connectivity index is 1.49. The lowest BCUT2D eigenvalue weighted by Gasteiger charge is -2.07. The van der Waals surface area contributed by atoms with E-state index in [0.29, 0.717) is 22.1 Å². The maximum absolute atomic E-state index is 12.3. The predicted octanol–water partition coefficient (Wildman–Crippen LogP) is 4.21. The van der Waals surface area contributed by atoms with E-state index in [2.05, 4.69) is 15.0 Å². The Kier molecular flexibility index (Phi) is 7.78. The molecule has 0 radical (unpaired) electrons. The third kappa shape index (κ3) is 6.46. The van der Waals surface area contributed by atoms with E-state index in [1.54, 1.807) is 6.20 Å². The first-order chi connectivity index (χ1) is 15.1. The minimum atomic E-state index is -3.77. The van der Waals surface area contributed by atoms with Crippen molar-refractivity contribution in [3.8, 4) is 0 Å². The predicted molar refractivity (Wildman–Crippen MR) is 126 cm³/mol. The summed E-state index contributed by atoms with van der Waals surface area (Å²) in [5.74, 6) is -0.495. The van der Waals surface area contributed by atoms with E-state index >= 15 is 0 Å². The fourth-order valence-corrected chi connectivity index (χ4v) is 4.93. The second-order valence-corrected chi connectivity index (χ2v) is 10.5. The average molecular weight is 492 g/mol. The maximum Gasteiger partial charge on any atom is 0.240 e. The summed E-state index contributed by atoms with van der Waals surface area (Å²) in [6.45, 7) is 3.28. The number of hydrogen-bond acceptors (Lipinski definition) is 6. The molecule has 0 aliphatic heterocycles. The lowest BCUT2D eigenvalue weighted by atomic mass is 10.1. The molecule has 3 rings (SSSR count). The van der Waals surface area contributed by atoms with Crippen molar-refractivity contribution < 1.29 is 18.0 Å². The largest absolute Gasteiger partial charge is 0.302 e. The van der Waals surface area contributed by atoms with Gasteiger partial charge in [-0.2, -0.15) is 0 Å². The van der Waals surface area contributed by atoms with Crippen LogP contribution in [0.1, 0.15) is 39.7 Å². The second kappa shape index (κ2) is 10.4. The quantitative estimate of drug-likeness (QED) is 0.436. The molecular weight excluding hydrogens is 470 g/mol. The van der Waals surface area contributed by atoms with Crippen molar-refractivity contribution in [2.24, 2.45) is 0 Å². The molecule has 32 heavy (non-hydrogen) atoms. The van der Waals surface area contributed by atoms with Crippen molar-refractivity contribution in [1.82, 2.24) is 9.71 Å². The molecule has 2 aromatic carbocycles. The molecule has 0 bridgehead atoms. The van der Waals surface area contributed by atoms with Gasteiger partial charge in [0.15, 0.2) is 10.9 Å². The van der Waals surface area contributed by atoms with Crippen LogP contribution < -0.4 is 10.0 Å². The molecule has 10 heteroatoms. The van der Waals surface area contributed by atoms with Crippen LogP contribution >= 0.6 is 22.9 Å². The molecular formula is C22H22ClN3O4S2. The molecule has 0 aliphatic carbocycles. The number of ketones is 1. The highest BCUT2D eigenvalue weighted by molar-refractivity contribution is 7.89. The Hall–Kier alpha value is -2.59. The van der Waals surface area contributed by atoms with Crippen LogP contribution in [0.3, 0.4) is 0 Å². The number of nitrogens with zero attached hydrogens (tertiary/aromatic N) is 1. The summed E-state index contributed by atoms with van der Waals surface area (Å²) >= 11 is 7.51. The molecule has 0 fully saturated rings. The number of hydrogen-bond donors (Lipinski definition) is 2. The van der Waals surface area contributed by atoms with Gasteiger partial charge in [-0.15, -0.1) is 11.3 Å². The van der Waals surface area contributed by atoms with Gasteiger partial charge in [-0.3, -0.25) is 9.59 Å². The summed E-state index contributed by atoms with van der Waals surface area (Å²) in [5, 5.41) is 3.84. The maximum atomic E-state index is 12.3. The third-order valence-electron chi connectivity index (χ3n) is 4.63. The van der Waals surface area contributed by atoms with Crippen molar-refractivity contribution in [2.45, 2.75) is 31.6 Å². The summed E-state index contributed by atoms with van der Waals surface area (Å²) in [5.41, 5.74) is 2.49. The Bertz CT molecular complexity index is 1240. The number of Topliss-reactive ketones (excluding diaryl/α,β-unsaturated/α-hetero) is 1. The molecule has 3 aromatic rings. The number of amides is 1. The smallest absolute Gasteiger partial charge is 0.240 e. The minimum Gasteiger partial charge on any atom is -0.302 e. The number of aryl methyl sites for hydroxylation is 1. The Morgan fingerprint density at radius 1 is 1.12 bits per heavy atom. The normalized spacial score (nSPS) is 11.3. The van der Waals surface area contributed by atoms with Gasteiger partial charge in [-0.05, 0) is 43.2 Å². The number of sulfonamides is 1. The van der Waals surface area contributed by atoms with Gasteiger partial charge in [0.25, 0.3) is 0 Å². The highest BCUT2D eigenvalue weighted by Crippen LogP contribution is 2.24. The second-order valence-electron chi connectivity index (χ2n) is 7.17. The van der Waals surface area contributed by atoms with Crippen LogP contribution in [0.25, 0.3) is 0 Å². The molecule has 0 atom stereocenters. The van der Waals surface area contributed by atoms with E-state index < -0.39 is 10.0 Å². The first-order valence-electron chi connectivity index (χ1n) is 9.74. The third-order valence-corrected chi connectivity index (χ3v) is 7.43. The van der Waals surface area contributed by atoms with Crippen molar-refractivity contribution >= 4 is 49.8 Å². The number of rotatable bonds is 9. The number of carbonyl (C=O) groups excluding carboxylic acids is 2. The number of carbonyl (C=O) groups is 2. The fraction of sp³-hybridized carbons (Fsp3) is 0.227. The zero-order chi connectivity index (χ0) is 23.3. The van der Waals surface area contributed by atoms with E-state index in [1.807, 2.05) is 25.1 Å². The topological polar surface area (TPSA) is 105 Å². The number of aromatic nitrogens is 1. The minimum absolute atomic E-state index is 0.0312. The van der Waals surface area contributed by atoms with Gasteiger partial charge in [0.05, 0.1) is 4.90 Å². The van der Waals surface area contributed by atoms with Crippen molar-refractivity contribution in [1.29, 1.82) is 0 Å². The highest BCUT2D eigenvalue weighted by atomic mass is 35.5. The molecule has 168 valence electrons. The fourth-order valence-electron chi connectivity index (χ4n) is 2.83. The van der Waals surface area contributed by atoms with Gasteiger partial charge in [0.1, 0.15) is 0 Å². The summed E-state index contributed by atoms with van der Waals surface area (Å²) in [6.07, 6.45) is 2.30. The molecule has 0 unspecified atom stereocenters. The zero-order valence-corrected chi connectivity index (χ0v) is 19.9. The number of halogens is 1. The molecule has 0 aliphatic rings. The molecule has 1 heterocycles.